The molecule has 0 spiro atoms. The molecule has 14 nitrogen and oxygen atoms in total. The summed E-state index contributed by atoms with van der Waals surface area (Å²) in [6.45, 7) is 5.97. The Hall–Kier alpha value is -5.44. The highest BCUT2D eigenvalue weighted by molar-refractivity contribution is 7.14. The Bertz CT molecular complexity index is 1910. The maximum absolute atomic E-state index is 14.0. The van der Waals surface area contributed by atoms with Crippen molar-refractivity contribution in [3.63, 3.8) is 0 Å². The molecule has 2 atom stereocenters. The number of nitrogens with one attached hydrogen (secondary N) is 2. The maximum Gasteiger partial charge on any atom is 0.419 e. The minimum Gasteiger partial charge on any atom is -0.486 e. The van der Waals surface area contributed by atoms with Crippen LogP contribution in [0.5, 0.6) is 11.5 Å². The molecule has 0 radical (unpaired) electrons. The number of para-hydroxylation sites is 1. The summed E-state index contributed by atoms with van der Waals surface area (Å²) in [4.78, 5) is 71.6. The van der Waals surface area contributed by atoms with Crippen LogP contribution in [0.25, 0.3) is 10.9 Å². The largest absolute Gasteiger partial charge is 0.486 e. The topological polar surface area (TPSA) is 167 Å². The highest BCUT2D eigenvalue weighted by Crippen LogP contribution is 2.35. The maximum atomic E-state index is 14.0. The summed E-state index contributed by atoms with van der Waals surface area (Å²) in [7, 11) is 1.21. The lowest BCUT2D eigenvalue weighted by Crippen LogP contribution is -2.49. The first-order valence-electron chi connectivity index (χ1n) is 14.6. The second kappa shape index (κ2) is 12.4. The molecule has 4 aromatic rings. The van der Waals surface area contributed by atoms with E-state index in [0.29, 0.717) is 46.7 Å². The Kier molecular flexibility index (Phi) is 8.32. The number of imide groups is 1. The molecule has 2 aliphatic rings. The number of esters is 1. The van der Waals surface area contributed by atoms with Gasteiger partial charge in [0.05, 0.1) is 12.6 Å². The molecule has 2 aliphatic heterocycles. The number of rotatable bonds is 7. The number of carbonyl (C=O) groups is 5. The smallest absolute Gasteiger partial charge is 0.419 e. The van der Waals surface area contributed by atoms with Crippen molar-refractivity contribution in [2.45, 2.75) is 44.9 Å². The van der Waals surface area contributed by atoms with Gasteiger partial charge in [-0.1, -0.05) is 24.3 Å². The summed E-state index contributed by atoms with van der Waals surface area (Å²) in [5, 5.41) is 7.41. The van der Waals surface area contributed by atoms with Crippen molar-refractivity contribution in [3.05, 3.63) is 70.9 Å². The van der Waals surface area contributed by atoms with E-state index in [1.54, 1.807) is 63.2 Å². The molecule has 0 bridgehead atoms. The Balaban J connectivity index is 1.36. The molecular formula is C32H31N5O9S. The number of hydrogen-bond acceptors (Lipinski definition) is 11. The average Bonchev–Trinajstić information content (AvgIpc) is 3.74. The number of thiazole rings is 1. The Labute approximate surface area is 272 Å². The zero-order valence-electron chi connectivity index (χ0n) is 25.9. The standard InChI is InChI=1S/C32H31N5O9S/c1-32(2,3)46-31(42)36-15-18(19-7-5-6-8-21(19)36)13-22(26(38)35-29-33-20(16-47-29)28(40)43-4)37-27(39)25(34-30(37)41)17-9-10-23-24(14-17)45-12-11-44-23/h5-10,14-16,22,25H,11-13H2,1-4H3,(H,34,41)(H,33,35,38). The molecule has 1 saturated heterocycles. The van der Waals surface area contributed by atoms with Crippen LogP contribution < -0.4 is 20.1 Å². The van der Waals surface area contributed by atoms with E-state index in [0.717, 1.165) is 16.2 Å². The molecule has 2 aromatic carbocycles. The van der Waals surface area contributed by atoms with E-state index in [4.69, 9.17) is 18.9 Å². The fraction of sp³-hybridized carbons (Fsp3) is 0.312. The van der Waals surface area contributed by atoms with Crippen LogP contribution in [0.2, 0.25) is 0 Å². The van der Waals surface area contributed by atoms with Gasteiger partial charge in [0.1, 0.15) is 30.9 Å². The predicted octanol–water partition coefficient (Wildman–Crippen LogP) is 4.28. The molecule has 2 unspecified atom stereocenters. The van der Waals surface area contributed by atoms with Crippen molar-refractivity contribution in [2.24, 2.45) is 0 Å². The Morgan fingerprint density at radius 3 is 2.60 bits per heavy atom. The number of methoxy groups -OCH3 is 1. The first kappa shape index (κ1) is 31.5. The summed E-state index contributed by atoms with van der Waals surface area (Å²) < 4.78 is 22.9. The predicted molar refractivity (Wildman–Crippen MR) is 169 cm³/mol. The number of benzene rings is 2. The van der Waals surface area contributed by atoms with Gasteiger partial charge in [-0.2, -0.15) is 0 Å². The minimum absolute atomic E-state index is 0.0153. The van der Waals surface area contributed by atoms with Gasteiger partial charge in [0.25, 0.3) is 5.91 Å². The molecule has 15 heteroatoms. The molecule has 0 saturated carbocycles. The molecule has 1 fully saturated rings. The molecule has 6 rings (SSSR count). The van der Waals surface area contributed by atoms with E-state index in [2.05, 4.69) is 15.6 Å². The summed E-state index contributed by atoms with van der Waals surface area (Å²) in [6.07, 6.45) is 0.742. The third-order valence-electron chi connectivity index (χ3n) is 7.41. The van der Waals surface area contributed by atoms with Crippen LogP contribution in [-0.2, 0) is 25.5 Å². The third-order valence-corrected chi connectivity index (χ3v) is 8.17. The van der Waals surface area contributed by atoms with Crippen LogP contribution in [0.15, 0.2) is 54.0 Å². The number of aromatic nitrogens is 2. The van der Waals surface area contributed by atoms with Crippen molar-refractivity contribution < 1.29 is 42.9 Å². The van der Waals surface area contributed by atoms with Crippen LogP contribution in [0.4, 0.5) is 14.7 Å². The zero-order valence-corrected chi connectivity index (χ0v) is 26.7. The molecule has 2 N–H and O–H groups in total. The van der Waals surface area contributed by atoms with Crippen LogP contribution in [0.1, 0.15) is 48.4 Å². The van der Waals surface area contributed by atoms with Gasteiger partial charge in [0.2, 0.25) is 5.91 Å². The number of hydrogen-bond donors (Lipinski definition) is 2. The number of fused-ring (bicyclic) bond motifs is 2. The number of nitrogens with zero attached hydrogens (tertiary/aromatic N) is 3. The van der Waals surface area contributed by atoms with Crippen molar-refractivity contribution in [2.75, 3.05) is 25.6 Å². The molecular weight excluding hydrogens is 630 g/mol. The third kappa shape index (κ3) is 6.34. The lowest BCUT2D eigenvalue weighted by Gasteiger charge is -2.24. The first-order valence-corrected chi connectivity index (χ1v) is 15.5. The van der Waals surface area contributed by atoms with Crippen LogP contribution in [0, 0.1) is 0 Å². The van der Waals surface area contributed by atoms with Crippen molar-refractivity contribution >= 4 is 57.3 Å². The van der Waals surface area contributed by atoms with E-state index in [1.165, 1.54) is 23.3 Å². The minimum atomic E-state index is -1.40. The monoisotopic (exact) mass is 661 g/mol. The number of amides is 4. The van der Waals surface area contributed by atoms with Gasteiger partial charge in [-0.05, 0) is 50.1 Å². The Morgan fingerprint density at radius 1 is 1.11 bits per heavy atom. The number of ether oxygens (including phenoxy) is 4. The van der Waals surface area contributed by atoms with Gasteiger partial charge in [-0.25, -0.2) is 24.3 Å². The summed E-state index contributed by atoms with van der Waals surface area (Å²) in [5.41, 5.74) is 0.677. The highest BCUT2D eigenvalue weighted by Gasteiger charge is 2.46. The molecule has 244 valence electrons. The summed E-state index contributed by atoms with van der Waals surface area (Å²) in [5.74, 6) is -1.15. The second-order valence-corrected chi connectivity index (χ2v) is 12.6. The summed E-state index contributed by atoms with van der Waals surface area (Å²) in [6, 6.07) is 8.66. The fourth-order valence-electron chi connectivity index (χ4n) is 5.36. The molecule has 2 aromatic heterocycles. The van der Waals surface area contributed by atoms with Gasteiger partial charge in [-0.3, -0.25) is 14.2 Å². The number of urea groups is 1. The van der Waals surface area contributed by atoms with Crippen molar-refractivity contribution in [3.8, 4) is 11.5 Å². The van der Waals surface area contributed by atoms with E-state index >= 15 is 0 Å². The van der Waals surface area contributed by atoms with E-state index in [-0.39, 0.29) is 17.2 Å². The van der Waals surface area contributed by atoms with Gasteiger partial charge in [0, 0.05) is 23.4 Å². The zero-order chi connectivity index (χ0) is 33.5. The van der Waals surface area contributed by atoms with Gasteiger partial charge in [-0.15, -0.1) is 11.3 Å². The van der Waals surface area contributed by atoms with Crippen LogP contribution in [-0.4, -0.2) is 76.3 Å². The number of anilines is 1. The van der Waals surface area contributed by atoms with Crippen molar-refractivity contribution in [1.29, 1.82) is 0 Å². The highest BCUT2D eigenvalue weighted by atomic mass is 32.1. The average molecular weight is 662 g/mol. The van der Waals surface area contributed by atoms with Gasteiger partial charge in [0.15, 0.2) is 22.3 Å². The van der Waals surface area contributed by atoms with Crippen LogP contribution >= 0.6 is 11.3 Å². The Morgan fingerprint density at radius 2 is 1.85 bits per heavy atom. The molecule has 4 heterocycles. The van der Waals surface area contributed by atoms with Crippen molar-refractivity contribution in [1.82, 2.24) is 19.8 Å². The van der Waals surface area contributed by atoms with E-state index < -0.39 is 47.6 Å². The lowest BCUT2D eigenvalue weighted by molar-refractivity contribution is -0.134. The fourth-order valence-corrected chi connectivity index (χ4v) is 6.04. The normalized spacial score (nSPS) is 16.5. The number of carbonyl (C=O) groups excluding carboxylic acids is 5. The summed E-state index contributed by atoms with van der Waals surface area (Å²) >= 11 is 0.977. The quantitative estimate of drug-likeness (QED) is 0.216. The molecule has 4 amide bonds. The lowest BCUT2D eigenvalue weighted by atomic mass is 10.0. The van der Waals surface area contributed by atoms with Gasteiger partial charge >= 0.3 is 18.1 Å². The van der Waals surface area contributed by atoms with E-state index in [9.17, 15) is 24.0 Å². The SMILES string of the molecule is COC(=O)c1csc(NC(=O)C(Cc2cn(C(=O)OC(C)(C)C)c3ccccc23)N2C(=O)NC(c3ccc4c(c3)OCCO4)C2=O)n1. The van der Waals surface area contributed by atoms with Crippen LogP contribution in [0.3, 0.4) is 0 Å². The second-order valence-electron chi connectivity index (χ2n) is 11.8. The van der Waals surface area contributed by atoms with E-state index in [1.807, 2.05) is 0 Å². The molecule has 47 heavy (non-hydrogen) atoms. The van der Waals surface area contributed by atoms with Gasteiger partial charge < -0.3 is 29.6 Å². The molecule has 0 aliphatic carbocycles. The first-order chi connectivity index (χ1) is 22.4.